The van der Waals surface area contributed by atoms with Crippen LogP contribution in [0.25, 0.3) is 16.8 Å². The van der Waals surface area contributed by atoms with Crippen molar-refractivity contribution < 1.29 is 23.0 Å². The summed E-state index contributed by atoms with van der Waals surface area (Å²) in [5.74, 6) is -0.0110. The molecule has 0 spiro atoms. The summed E-state index contributed by atoms with van der Waals surface area (Å²) in [5, 5.41) is 11.5. The van der Waals surface area contributed by atoms with Gasteiger partial charge in [0.2, 0.25) is 9.84 Å². The smallest absolute Gasteiger partial charge is 0.271 e. The van der Waals surface area contributed by atoms with Crippen LogP contribution in [0, 0.1) is 6.92 Å². The Morgan fingerprint density at radius 2 is 1.56 bits per heavy atom. The van der Waals surface area contributed by atoms with E-state index in [1.165, 1.54) is 49.1 Å². The molecule has 2 N–H and O–H groups in total. The molecule has 2 heterocycles. The number of benzene rings is 2. The van der Waals surface area contributed by atoms with Crippen molar-refractivity contribution in [3.05, 3.63) is 92.8 Å². The van der Waals surface area contributed by atoms with Gasteiger partial charge in [-0.2, -0.15) is 0 Å². The molecule has 2 aromatic heterocycles. The second-order valence-corrected chi connectivity index (χ2v) is 10.9. The van der Waals surface area contributed by atoms with Gasteiger partial charge in [-0.15, -0.1) is 0 Å². The number of nitrogens with one attached hydrogen (secondary N) is 1. The number of hydrogen-bond acceptors (Lipinski definition) is 7. The summed E-state index contributed by atoms with van der Waals surface area (Å²) in [6, 6.07) is 13.7. The van der Waals surface area contributed by atoms with E-state index in [4.69, 9.17) is 9.47 Å². The number of H-pyrrole nitrogens is 1. The van der Waals surface area contributed by atoms with Crippen molar-refractivity contribution in [3.8, 4) is 34.1 Å². The monoisotopic (exact) mass is 550 g/mol. The zero-order valence-corrected chi connectivity index (χ0v) is 23.0. The van der Waals surface area contributed by atoms with Crippen LogP contribution in [-0.4, -0.2) is 37.3 Å². The fourth-order valence-electron chi connectivity index (χ4n) is 4.48. The van der Waals surface area contributed by atoms with Crippen LogP contribution in [0.4, 0.5) is 0 Å². The van der Waals surface area contributed by atoms with E-state index < -0.39 is 26.0 Å². The second kappa shape index (κ2) is 11.2. The third-order valence-corrected chi connectivity index (χ3v) is 8.24. The molecule has 4 aromatic rings. The number of pyridine rings is 2. The van der Waals surface area contributed by atoms with Crippen LogP contribution in [0.2, 0.25) is 0 Å². The van der Waals surface area contributed by atoms with Gasteiger partial charge in [0.05, 0.1) is 30.2 Å². The summed E-state index contributed by atoms with van der Waals surface area (Å²) in [5.41, 5.74) is 0.918. The number of aromatic nitrogens is 2. The molecule has 0 fully saturated rings. The quantitative estimate of drug-likeness (QED) is 0.316. The molecule has 4 rings (SSSR count). The lowest BCUT2D eigenvalue weighted by molar-refractivity contribution is 0.395. The van der Waals surface area contributed by atoms with Crippen LogP contribution < -0.4 is 20.6 Å². The molecular formula is C29H30N2O7S. The third-order valence-electron chi connectivity index (χ3n) is 6.44. The molecule has 0 saturated heterocycles. The minimum Gasteiger partial charge on any atom is -0.506 e. The van der Waals surface area contributed by atoms with Crippen molar-refractivity contribution in [1.29, 1.82) is 0 Å². The van der Waals surface area contributed by atoms with Gasteiger partial charge in [0.25, 0.3) is 11.1 Å². The summed E-state index contributed by atoms with van der Waals surface area (Å²) in [7, 11) is -1.59. The average molecular weight is 551 g/mol. The Morgan fingerprint density at radius 1 is 0.923 bits per heavy atom. The molecule has 0 aliphatic carbocycles. The van der Waals surface area contributed by atoms with Crippen LogP contribution in [0.5, 0.6) is 17.2 Å². The molecule has 0 unspecified atom stereocenters. The summed E-state index contributed by atoms with van der Waals surface area (Å²) in [6.45, 7) is 3.82. The summed E-state index contributed by atoms with van der Waals surface area (Å²) in [4.78, 5) is 27.2. The van der Waals surface area contributed by atoms with Crippen molar-refractivity contribution in [2.45, 2.75) is 42.9 Å². The molecule has 0 radical (unpaired) electrons. The number of sulfone groups is 1. The first-order valence-electron chi connectivity index (χ1n) is 12.4. The molecule has 10 heteroatoms. The zero-order valence-electron chi connectivity index (χ0n) is 22.1. The Labute approximate surface area is 226 Å². The van der Waals surface area contributed by atoms with Crippen LogP contribution in [0.1, 0.15) is 31.0 Å². The van der Waals surface area contributed by atoms with Gasteiger partial charge in [0.1, 0.15) is 17.2 Å². The van der Waals surface area contributed by atoms with Crippen LogP contribution in [0.3, 0.4) is 0 Å². The maximum absolute atomic E-state index is 13.8. The van der Waals surface area contributed by atoms with Crippen molar-refractivity contribution in [2.75, 3.05) is 14.2 Å². The van der Waals surface area contributed by atoms with E-state index in [1.807, 2.05) is 13.8 Å². The largest absolute Gasteiger partial charge is 0.506 e. The first-order valence-corrected chi connectivity index (χ1v) is 13.9. The summed E-state index contributed by atoms with van der Waals surface area (Å²) in [6.07, 6.45) is 3.52. The van der Waals surface area contributed by atoms with Crippen molar-refractivity contribution >= 4 is 9.84 Å². The zero-order chi connectivity index (χ0) is 28.3. The molecule has 0 atom stereocenters. The predicted octanol–water partition coefficient (Wildman–Crippen LogP) is 4.40. The van der Waals surface area contributed by atoms with Gasteiger partial charge >= 0.3 is 0 Å². The van der Waals surface area contributed by atoms with E-state index in [0.29, 0.717) is 41.3 Å². The van der Waals surface area contributed by atoms with Crippen molar-refractivity contribution in [3.63, 3.8) is 0 Å². The number of hydrogen-bond donors (Lipinski definition) is 2. The fourth-order valence-corrected chi connectivity index (χ4v) is 5.86. The Kier molecular flexibility index (Phi) is 7.96. The molecule has 0 aliphatic rings. The van der Waals surface area contributed by atoms with E-state index in [-0.39, 0.29) is 16.0 Å². The highest BCUT2D eigenvalue weighted by Gasteiger charge is 2.31. The normalized spacial score (nSPS) is 11.4. The SMILES string of the molecule is CCCCc1[nH]c(=O)c(S(=O)(=O)c2ccc(-n3cc(C)ccc3=O)cc2)c(O)c1-c1c(OC)cccc1OC. The van der Waals surface area contributed by atoms with Gasteiger partial charge in [0.15, 0.2) is 4.90 Å². The standard InChI is InChI=1S/C29H30N2O7S/c1-5-6-8-21-25(26-22(37-3)9-7-10-23(26)38-4)27(33)28(29(34)30-21)39(35,36)20-14-12-19(13-15-20)31-17-18(2)11-16-24(31)32/h7,9-17H,5-6,8H2,1-4H3,(H2,30,33,34). The van der Waals surface area contributed by atoms with E-state index in [0.717, 1.165) is 12.0 Å². The Morgan fingerprint density at radius 3 is 2.15 bits per heavy atom. The molecular weight excluding hydrogens is 520 g/mol. The number of methoxy groups -OCH3 is 2. The molecule has 0 amide bonds. The number of aryl methyl sites for hydroxylation is 2. The maximum Gasteiger partial charge on any atom is 0.271 e. The maximum atomic E-state index is 13.8. The molecule has 0 bridgehead atoms. The van der Waals surface area contributed by atoms with E-state index in [1.54, 1.807) is 30.5 Å². The van der Waals surface area contributed by atoms with Gasteiger partial charge in [-0.25, -0.2) is 8.42 Å². The second-order valence-electron chi connectivity index (χ2n) is 9.04. The van der Waals surface area contributed by atoms with E-state index >= 15 is 0 Å². The molecule has 0 aliphatic heterocycles. The minimum absolute atomic E-state index is 0.124. The van der Waals surface area contributed by atoms with Gasteiger partial charge in [0, 0.05) is 23.6 Å². The highest BCUT2D eigenvalue weighted by Crippen LogP contribution is 2.46. The number of ether oxygens (including phenoxy) is 2. The highest BCUT2D eigenvalue weighted by molar-refractivity contribution is 7.91. The number of rotatable bonds is 9. The van der Waals surface area contributed by atoms with Crippen LogP contribution >= 0.6 is 0 Å². The molecule has 0 saturated carbocycles. The number of nitrogens with zero attached hydrogens (tertiary/aromatic N) is 1. The Bertz CT molecular complexity index is 1720. The third kappa shape index (κ3) is 5.20. The predicted molar refractivity (Wildman–Crippen MR) is 148 cm³/mol. The lowest BCUT2D eigenvalue weighted by Crippen LogP contribution is -2.21. The van der Waals surface area contributed by atoms with Crippen molar-refractivity contribution in [1.82, 2.24) is 9.55 Å². The Balaban J connectivity index is 1.93. The average Bonchev–Trinajstić information content (AvgIpc) is 2.92. The van der Waals surface area contributed by atoms with Gasteiger partial charge in [-0.1, -0.05) is 25.5 Å². The van der Waals surface area contributed by atoms with Gasteiger partial charge < -0.3 is 19.6 Å². The topological polar surface area (TPSA) is 128 Å². The van der Waals surface area contributed by atoms with Gasteiger partial charge in [-0.05, 0) is 61.7 Å². The fraction of sp³-hybridized carbons (Fsp3) is 0.241. The first kappa shape index (κ1) is 27.7. The van der Waals surface area contributed by atoms with E-state index in [9.17, 15) is 23.1 Å². The number of unbranched alkanes of at least 4 members (excludes halogenated alkanes) is 1. The molecule has 204 valence electrons. The highest BCUT2D eigenvalue weighted by atomic mass is 32.2. The lowest BCUT2D eigenvalue weighted by atomic mass is 9.98. The molecule has 39 heavy (non-hydrogen) atoms. The summed E-state index contributed by atoms with van der Waals surface area (Å²) >= 11 is 0. The number of aromatic amines is 1. The minimum atomic E-state index is -4.49. The molecule has 2 aromatic carbocycles. The van der Waals surface area contributed by atoms with Gasteiger partial charge in [-0.3, -0.25) is 14.2 Å². The lowest BCUT2D eigenvalue weighted by Gasteiger charge is -2.19. The van der Waals surface area contributed by atoms with Crippen molar-refractivity contribution in [2.24, 2.45) is 0 Å². The Hall–Kier alpha value is -4.31. The molecule has 9 nitrogen and oxygen atoms in total. The van der Waals surface area contributed by atoms with Crippen LogP contribution in [0.15, 0.2) is 80.2 Å². The van der Waals surface area contributed by atoms with E-state index in [2.05, 4.69) is 4.98 Å². The summed E-state index contributed by atoms with van der Waals surface area (Å²) < 4.78 is 39.9. The first-order chi connectivity index (χ1) is 18.6. The van der Waals surface area contributed by atoms with Crippen LogP contribution in [-0.2, 0) is 16.3 Å². The number of aromatic hydroxyl groups is 1.